The predicted octanol–water partition coefficient (Wildman–Crippen LogP) is 5.44. The van der Waals surface area contributed by atoms with Gasteiger partial charge in [-0.15, -0.1) is 23.7 Å². The third-order valence-electron chi connectivity index (χ3n) is 3.61. The molecule has 0 saturated carbocycles. The highest BCUT2D eigenvalue weighted by molar-refractivity contribution is 7.17. The molecule has 0 aliphatic carbocycles. The van der Waals surface area contributed by atoms with Crippen LogP contribution in [0.1, 0.15) is 5.56 Å². The monoisotopic (exact) mass is 369 g/mol. The summed E-state index contributed by atoms with van der Waals surface area (Å²) in [6.45, 7) is 0.565. The average molecular weight is 370 g/mol. The first kappa shape index (κ1) is 17.2. The van der Waals surface area contributed by atoms with E-state index < -0.39 is 0 Å². The zero-order chi connectivity index (χ0) is 16.2. The molecule has 4 nitrogen and oxygen atoms in total. The van der Waals surface area contributed by atoms with E-state index in [2.05, 4.69) is 27.4 Å². The molecule has 126 valence electrons. The van der Waals surface area contributed by atoms with Gasteiger partial charge < -0.3 is 10.1 Å². The number of nitrogens with one attached hydrogen (secondary N) is 1. The highest BCUT2D eigenvalue weighted by atomic mass is 35.5. The minimum Gasteiger partial charge on any atom is -0.489 e. The van der Waals surface area contributed by atoms with Crippen molar-refractivity contribution in [1.82, 2.24) is 9.97 Å². The molecule has 0 aliphatic heterocycles. The van der Waals surface area contributed by atoms with Gasteiger partial charge in [0.25, 0.3) is 0 Å². The van der Waals surface area contributed by atoms with Crippen LogP contribution < -0.4 is 10.1 Å². The molecule has 0 radical (unpaired) electrons. The molecule has 1 N–H and O–H groups in total. The Balaban J connectivity index is 0.00000182. The van der Waals surface area contributed by atoms with Crippen LogP contribution >= 0.6 is 23.7 Å². The van der Waals surface area contributed by atoms with Gasteiger partial charge in [-0.1, -0.05) is 30.3 Å². The van der Waals surface area contributed by atoms with Crippen LogP contribution in [0.5, 0.6) is 5.75 Å². The predicted molar refractivity (Wildman–Crippen MR) is 105 cm³/mol. The molecular formula is C19H16ClN3OS. The number of rotatable bonds is 5. The minimum absolute atomic E-state index is 0. The van der Waals surface area contributed by atoms with E-state index in [9.17, 15) is 0 Å². The van der Waals surface area contributed by atoms with Crippen LogP contribution in [0.15, 0.2) is 72.4 Å². The van der Waals surface area contributed by atoms with Gasteiger partial charge in [-0.2, -0.15) is 0 Å². The molecule has 0 spiro atoms. The summed E-state index contributed by atoms with van der Waals surface area (Å²) in [6.07, 6.45) is 1.58. The Morgan fingerprint density at radius 1 is 0.920 bits per heavy atom. The smallest absolute Gasteiger partial charge is 0.151 e. The van der Waals surface area contributed by atoms with Crippen molar-refractivity contribution in [1.29, 1.82) is 0 Å². The first-order valence-corrected chi connectivity index (χ1v) is 8.48. The Morgan fingerprint density at radius 2 is 1.72 bits per heavy atom. The summed E-state index contributed by atoms with van der Waals surface area (Å²) >= 11 is 1.63. The zero-order valence-corrected chi connectivity index (χ0v) is 14.9. The fraction of sp³-hybridized carbons (Fsp3) is 0.0526. The van der Waals surface area contributed by atoms with E-state index in [0.29, 0.717) is 6.61 Å². The van der Waals surface area contributed by atoms with Crippen LogP contribution in [0.4, 0.5) is 11.5 Å². The number of fused-ring (bicyclic) bond motifs is 1. The molecule has 2 aromatic heterocycles. The lowest BCUT2D eigenvalue weighted by atomic mass is 10.2. The second-order valence-electron chi connectivity index (χ2n) is 5.28. The second kappa shape index (κ2) is 7.96. The molecule has 4 rings (SSSR count). The van der Waals surface area contributed by atoms with Crippen molar-refractivity contribution in [2.24, 2.45) is 0 Å². The lowest BCUT2D eigenvalue weighted by Crippen LogP contribution is -1.96. The molecule has 0 fully saturated rings. The van der Waals surface area contributed by atoms with Gasteiger partial charge in [-0.25, -0.2) is 9.97 Å². The maximum absolute atomic E-state index is 5.80. The summed E-state index contributed by atoms with van der Waals surface area (Å²) in [7, 11) is 0. The van der Waals surface area contributed by atoms with Gasteiger partial charge in [-0.05, 0) is 41.3 Å². The quantitative estimate of drug-likeness (QED) is 0.509. The summed E-state index contributed by atoms with van der Waals surface area (Å²) in [6, 6.07) is 20.0. The van der Waals surface area contributed by atoms with E-state index in [1.54, 1.807) is 17.7 Å². The van der Waals surface area contributed by atoms with E-state index in [-0.39, 0.29) is 12.4 Å². The summed E-state index contributed by atoms with van der Waals surface area (Å²) in [5.41, 5.74) is 3.08. The van der Waals surface area contributed by atoms with Gasteiger partial charge in [0, 0.05) is 5.69 Å². The molecule has 2 aromatic carbocycles. The molecule has 2 heterocycles. The minimum atomic E-state index is 0. The number of ether oxygens (including phenoxy) is 1. The number of nitrogens with zero attached hydrogens (tertiary/aromatic N) is 2. The van der Waals surface area contributed by atoms with Crippen molar-refractivity contribution in [3.8, 4) is 5.75 Å². The normalized spacial score (nSPS) is 10.2. The van der Waals surface area contributed by atoms with E-state index in [4.69, 9.17) is 4.74 Å². The largest absolute Gasteiger partial charge is 0.489 e. The number of aromatic nitrogens is 2. The lowest BCUT2D eigenvalue weighted by Gasteiger charge is -2.09. The molecule has 4 aromatic rings. The molecule has 0 aliphatic rings. The Labute approximate surface area is 155 Å². The summed E-state index contributed by atoms with van der Waals surface area (Å²) in [4.78, 5) is 8.58. The summed E-state index contributed by atoms with van der Waals surface area (Å²) in [5.74, 6) is 1.67. The number of halogens is 1. The van der Waals surface area contributed by atoms with Crippen LogP contribution in [0.25, 0.3) is 10.2 Å². The molecule has 25 heavy (non-hydrogen) atoms. The molecule has 0 atom stereocenters. The molecule has 0 saturated heterocycles. The fourth-order valence-electron chi connectivity index (χ4n) is 2.39. The Bertz CT molecular complexity index is 942. The van der Waals surface area contributed by atoms with Gasteiger partial charge in [0.1, 0.15) is 18.7 Å². The van der Waals surface area contributed by atoms with Crippen molar-refractivity contribution in [3.05, 3.63) is 77.9 Å². The number of anilines is 2. The highest BCUT2D eigenvalue weighted by Crippen LogP contribution is 2.28. The average Bonchev–Trinajstić information content (AvgIpc) is 3.12. The number of benzene rings is 2. The summed E-state index contributed by atoms with van der Waals surface area (Å²) < 4.78 is 6.86. The molecule has 0 unspecified atom stereocenters. The van der Waals surface area contributed by atoms with Crippen molar-refractivity contribution in [2.45, 2.75) is 6.61 Å². The van der Waals surface area contributed by atoms with E-state index in [0.717, 1.165) is 33.0 Å². The lowest BCUT2D eigenvalue weighted by molar-refractivity contribution is 0.306. The van der Waals surface area contributed by atoms with Crippen molar-refractivity contribution < 1.29 is 4.74 Å². The highest BCUT2D eigenvalue weighted by Gasteiger charge is 2.05. The van der Waals surface area contributed by atoms with Crippen LogP contribution in [0, 0.1) is 0 Å². The van der Waals surface area contributed by atoms with E-state index in [1.807, 2.05) is 53.9 Å². The molecule has 0 amide bonds. The number of thiophene rings is 1. The third kappa shape index (κ3) is 4.07. The maximum Gasteiger partial charge on any atom is 0.151 e. The Kier molecular flexibility index (Phi) is 5.48. The van der Waals surface area contributed by atoms with E-state index >= 15 is 0 Å². The molecule has 6 heteroatoms. The van der Waals surface area contributed by atoms with Crippen molar-refractivity contribution in [2.75, 3.05) is 5.32 Å². The Morgan fingerprint density at radius 3 is 2.52 bits per heavy atom. The van der Waals surface area contributed by atoms with Gasteiger partial charge >= 0.3 is 0 Å². The topological polar surface area (TPSA) is 47.0 Å². The van der Waals surface area contributed by atoms with Crippen LogP contribution in [0.2, 0.25) is 0 Å². The van der Waals surface area contributed by atoms with Crippen LogP contribution in [0.3, 0.4) is 0 Å². The van der Waals surface area contributed by atoms with Gasteiger partial charge in [0.15, 0.2) is 5.82 Å². The van der Waals surface area contributed by atoms with Crippen molar-refractivity contribution in [3.63, 3.8) is 0 Å². The zero-order valence-electron chi connectivity index (χ0n) is 13.3. The molecule has 0 bridgehead atoms. The van der Waals surface area contributed by atoms with Gasteiger partial charge in [-0.3, -0.25) is 0 Å². The van der Waals surface area contributed by atoms with Crippen LogP contribution in [-0.4, -0.2) is 9.97 Å². The SMILES string of the molecule is Cl.c1ccc(COc2ccc(Nc3ncnc4ccsc34)cc2)cc1. The first-order valence-electron chi connectivity index (χ1n) is 7.60. The standard InChI is InChI=1S/C19H15N3OS.ClH/c1-2-4-14(5-3-1)12-23-16-8-6-15(7-9-16)22-19-18-17(10-11-24-18)20-13-21-19;/h1-11,13H,12H2,(H,20,21,22);1H. The van der Waals surface area contributed by atoms with Gasteiger partial charge in [0.2, 0.25) is 0 Å². The van der Waals surface area contributed by atoms with Crippen LogP contribution in [-0.2, 0) is 6.61 Å². The number of hydrogen-bond donors (Lipinski definition) is 1. The maximum atomic E-state index is 5.80. The van der Waals surface area contributed by atoms with E-state index in [1.165, 1.54) is 0 Å². The Hall–Kier alpha value is -2.63. The second-order valence-corrected chi connectivity index (χ2v) is 6.20. The van der Waals surface area contributed by atoms with Gasteiger partial charge in [0.05, 0.1) is 10.2 Å². The molecular weight excluding hydrogens is 354 g/mol. The summed E-state index contributed by atoms with van der Waals surface area (Å²) in [5, 5.41) is 5.36. The third-order valence-corrected chi connectivity index (χ3v) is 4.52. The number of hydrogen-bond acceptors (Lipinski definition) is 5. The fourth-order valence-corrected chi connectivity index (χ4v) is 3.18. The van der Waals surface area contributed by atoms with Crippen molar-refractivity contribution >= 4 is 45.5 Å². The first-order chi connectivity index (χ1) is 11.9.